The molecule has 4 rings (SSSR count). The van der Waals surface area contributed by atoms with Crippen LogP contribution in [0.2, 0.25) is 0 Å². The van der Waals surface area contributed by atoms with Crippen LogP contribution in [0.1, 0.15) is 52.4 Å². The minimum atomic E-state index is -1.000. The van der Waals surface area contributed by atoms with Gasteiger partial charge in [-0.3, -0.25) is 14.4 Å². The fourth-order valence-corrected chi connectivity index (χ4v) is 5.99. The van der Waals surface area contributed by atoms with Gasteiger partial charge in [0.25, 0.3) is 0 Å². The van der Waals surface area contributed by atoms with E-state index in [1.807, 2.05) is 37.3 Å². The van der Waals surface area contributed by atoms with E-state index >= 15 is 0 Å². The van der Waals surface area contributed by atoms with E-state index in [1.54, 1.807) is 4.90 Å². The lowest BCUT2D eigenvalue weighted by atomic mass is 9.66. The Hall–Kier alpha value is -2.45. The van der Waals surface area contributed by atoms with Gasteiger partial charge in [0.1, 0.15) is 11.6 Å². The van der Waals surface area contributed by atoms with E-state index in [4.69, 9.17) is 4.74 Å². The highest BCUT2D eigenvalue weighted by atomic mass is 16.5. The fourth-order valence-electron chi connectivity index (χ4n) is 5.99. The zero-order chi connectivity index (χ0) is 23.6. The number of aliphatic hydroxyl groups excluding tert-OH is 1. The molecule has 0 aliphatic carbocycles. The summed E-state index contributed by atoms with van der Waals surface area (Å²) in [6, 6.07) is 8.42. The predicted molar refractivity (Wildman–Crippen MR) is 123 cm³/mol. The topological polar surface area (TPSA) is 108 Å². The van der Waals surface area contributed by atoms with Gasteiger partial charge in [-0.05, 0) is 51.2 Å². The molecule has 2 unspecified atom stereocenters. The third-order valence-corrected chi connectivity index (χ3v) is 7.49. The molecule has 0 radical (unpaired) electrons. The Balaban J connectivity index is 1.64. The third-order valence-electron chi connectivity index (χ3n) is 7.49. The summed E-state index contributed by atoms with van der Waals surface area (Å²) >= 11 is 0. The second kappa shape index (κ2) is 9.43. The van der Waals surface area contributed by atoms with Gasteiger partial charge in [0.15, 0.2) is 0 Å². The Labute approximate surface area is 195 Å². The SMILES string of the molecule is CCCCNC(=O)C1N(CCCCO)C(=O)[C@@H]2[C@H](C(=O)Nc3ccccc3)[C@]3(C)CCC12O3. The maximum Gasteiger partial charge on any atom is 0.245 e. The largest absolute Gasteiger partial charge is 0.396 e. The maximum atomic E-state index is 13.7. The van der Waals surface area contributed by atoms with Crippen LogP contribution in [-0.2, 0) is 19.1 Å². The summed E-state index contributed by atoms with van der Waals surface area (Å²) in [6.07, 6.45) is 4.12. The van der Waals surface area contributed by atoms with Crippen LogP contribution in [0.5, 0.6) is 0 Å². The number of fused-ring (bicyclic) bond motifs is 1. The third kappa shape index (κ3) is 4.04. The molecule has 1 aromatic carbocycles. The van der Waals surface area contributed by atoms with Gasteiger partial charge in [0.05, 0.1) is 17.4 Å². The van der Waals surface area contributed by atoms with Crippen molar-refractivity contribution in [2.24, 2.45) is 11.8 Å². The first-order chi connectivity index (χ1) is 15.9. The molecule has 3 heterocycles. The van der Waals surface area contributed by atoms with Crippen LogP contribution in [0.4, 0.5) is 5.69 Å². The first-order valence-electron chi connectivity index (χ1n) is 12.1. The molecule has 8 heteroatoms. The van der Waals surface area contributed by atoms with Crippen LogP contribution in [-0.4, -0.2) is 64.7 Å². The van der Waals surface area contributed by atoms with Gasteiger partial charge in [-0.15, -0.1) is 0 Å². The van der Waals surface area contributed by atoms with E-state index in [0.717, 1.165) is 12.8 Å². The zero-order valence-corrected chi connectivity index (χ0v) is 19.5. The molecule has 8 nitrogen and oxygen atoms in total. The monoisotopic (exact) mass is 457 g/mol. The number of para-hydroxylation sites is 1. The second-order valence-corrected chi connectivity index (χ2v) is 9.69. The van der Waals surface area contributed by atoms with E-state index in [1.165, 1.54) is 0 Å². The first-order valence-corrected chi connectivity index (χ1v) is 12.1. The molecule has 1 spiro atoms. The molecule has 3 amide bonds. The molecule has 0 saturated carbocycles. The van der Waals surface area contributed by atoms with Crippen LogP contribution in [0.3, 0.4) is 0 Å². The van der Waals surface area contributed by atoms with Gasteiger partial charge in [0.2, 0.25) is 17.7 Å². The summed E-state index contributed by atoms with van der Waals surface area (Å²) < 4.78 is 6.56. The Bertz CT molecular complexity index is 893. The van der Waals surface area contributed by atoms with E-state index in [2.05, 4.69) is 17.6 Å². The van der Waals surface area contributed by atoms with Crippen LogP contribution in [0.25, 0.3) is 0 Å². The number of likely N-dealkylation sites (tertiary alicyclic amines) is 1. The Morgan fingerprint density at radius 1 is 1.15 bits per heavy atom. The second-order valence-electron chi connectivity index (χ2n) is 9.69. The number of anilines is 1. The van der Waals surface area contributed by atoms with Gasteiger partial charge in [0, 0.05) is 25.4 Å². The average molecular weight is 458 g/mol. The highest BCUT2D eigenvalue weighted by Crippen LogP contribution is 2.63. The Kier molecular flexibility index (Phi) is 6.77. The Morgan fingerprint density at radius 2 is 1.91 bits per heavy atom. The molecule has 3 aliphatic rings. The van der Waals surface area contributed by atoms with Crippen molar-refractivity contribution in [3.63, 3.8) is 0 Å². The number of amides is 3. The van der Waals surface area contributed by atoms with Crippen molar-refractivity contribution in [1.29, 1.82) is 0 Å². The zero-order valence-electron chi connectivity index (χ0n) is 19.5. The number of ether oxygens (including phenoxy) is 1. The van der Waals surface area contributed by atoms with Crippen LogP contribution < -0.4 is 10.6 Å². The van der Waals surface area contributed by atoms with Gasteiger partial charge in [-0.2, -0.15) is 0 Å². The highest BCUT2D eigenvalue weighted by molar-refractivity contribution is 6.02. The molecule has 180 valence electrons. The lowest BCUT2D eigenvalue weighted by Gasteiger charge is -2.33. The Morgan fingerprint density at radius 3 is 2.61 bits per heavy atom. The minimum absolute atomic E-state index is 0.0284. The number of nitrogens with one attached hydrogen (secondary N) is 2. The molecular weight excluding hydrogens is 422 g/mol. The number of rotatable bonds is 10. The molecule has 1 aromatic rings. The van der Waals surface area contributed by atoms with E-state index in [-0.39, 0.29) is 24.3 Å². The molecular formula is C25H35N3O5. The van der Waals surface area contributed by atoms with Crippen molar-refractivity contribution in [3.8, 4) is 0 Å². The normalized spacial score (nSPS) is 32.2. The van der Waals surface area contributed by atoms with E-state index in [0.29, 0.717) is 44.5 Å². The molecule has 3 N–H and O–H groups in total. The number of benzene rings is 1. The maximum absolute atomic E-state index is 13.7. The standard InChI is InChI=1S/C25H35N3O5/c1-3-4-14-26-22(31)20-25-13-12-24(2,33-25)18(21(30)27-17-10-6-5-7-11-17)19(25)23(32)28(20)15-8-9-16-29/h5-7,10-11,18-20,29H,3-4,8-9,12-16H2,1-2H3,(H,26,31)(H,27,30)/t18-,19+,20?,24+,25?/m1/s1. The highest BCUT2D eigenvalue weighted by Gasteiger charge is 2.77. The first kappa shape index (κ1) is 23.7. The smallest absolute Gasteiger partial charge is 0.245 e. The van der Waals surface area contributed by atoms with Crippen molar-refractivity contribution in [2.75, 3.05) is 25.0 Å². The molecule has 2 bridgehead atoms. The van der Waals surface area contributed by atoms with Gasteiger partial charge in [-0.25, -0.2) is 0 Å². The lowest BCUT2D eigenvalue weighted by molar-refractivity contribution is -0.145. The summed E-state index contributed by atoms with van der Waals surface area (Å²) in [7, 11) is 0. The fraction of sp³-hybridized carbons (Fsp3) is 0.640. The van der Waals surface area contributed by atoms with Gasteiger partial charge < -0.3 is 25.4 Å². The molecule has 33 heavy (non-hydrogen) atoms. The molecule has 0 aromatic heterocycles. The molecule has 3 saturated heterocycles. The van der Waals surface area contributed by atoms with Crippen LogP contribution in [0, 0.1) is 11.8 Å². The summed E-state index contributed by atoms with van der Waals surface area (Å²) in [5, 5.41) is 15.2. The summed E-state index contributed by atoms with van der Waals surface area (Å²) in [5.74, 6) is -2.02. The van der Waals surface area contributed by atoms with Crippen molar-refractivity contribution in [2.45, 2.75) is 69.6 Å². The lowest BCUT2D eigenvalue weighted by Crippen LogP contribution is -2.55. The number of hydrogen-bond acceptors (Lipinski definition) is 5. The predicted octanol–water partition coefficient (Wildman–Crippen LogP) is 2.08. The summed E-state index contributed by atoms with van der Waals surface area (Å²) in [5.41, 5.74) is -1.12. The molecule has 5 atom stereocenters. The van der Waals surface area contributed by atoms with Crippen molar-refractivity contribution >= 4 is 23.4 Å². The summed E-state index contributed by atoms with van der Waals surface area (Å²) in [6.45, 7) is 4.88. The number of hydrogen-bond donors (Lipinski definition) is 3. The van der Waals surface area contributed by atoms with Crippen molar-refractivity contribution in [1.82, 2.24) is 10.2 Å². The quantitative estimate of drug-likeness (QED) is 0.466. The van der Waals surface area contributed by atoms with Crippen molar-refractivity contribution in [3.05, 3.63) is 30.3 Å². The molecule has 3 fully saturated rings. The minimum Gasteiger partial charge on any atom is -0.396 e. The number of carbonyl (C=O) groups excluding carboxylic acids is 3. The van der Waals surface area contributed by atoms with Gasteiger partial charge >= 0.3 is 0 Å². The van der Waals surface area contributed by atoms with Gasteiger partial charge in [-0.1, -0.05) is 31.5 Å². The van der Waals surface area contributed by atoms with Crippen molar-refractivity contribution < 1.29 is 24.2 Å². The number of unbranched alkanes of at least 4 members (excludes halogenated alkanes) is 2. The average Bonchev–Trinajstić information content (AvgIpc) is 3.36. The molecule has 3 aliphatic heterocycles. The van der Waals surface area contributed by atoms with E-state index < -0.39 is 29.1 Å². The summed E-state index contributed by atoms with van der Waals surface area (Å²) in [4.78, 5) is 42.2. The van der Waals surface area contributed by atoms with Crippen LogP contribution in [0.15, 0.2) is 30.3 Å². The van der Waals surface area contributed by atoms with E-state index in [9.17, 15) is 19.5 Å². The number of carbonyl (C=O) groups is 3. The number of aliphatic hydroxyl groups is 1. The number of nitrogens with zero attached hydrogens (tertiary/aromatic N) is 1. The van der Waals surface area contributed by atoms with Crippen LogP contribution >= 0.6 is 0 Å².